The van der Waals surface area contributed by atoms with Crippen LogP contribution in [-0.2, 0) is 32.0 Å². The van der Waals surface area contributed by atoms with Crippen LogP contribution in [0.4, 0.5) is 0 Å². The highest BCUT2D eigenvalue weighted by atomic mass is 28.4. The SMILES string of the molecule is C=CC(=O)OCCO[Si](C)CC[Si](C)(C)O[Si](C)(C)CC[Si](C)OCCOC(=O)C=C. The smallest absolute Gasteiger partial charge is 0.330 e. The molecule has 0 aliphatic carbocycles. The van der Waals surface area contributed by atoms with E-state index in [1.54, 1.807) is 0 Å². The Kier molecular flexibility index (Phi) is 15.5. The van der Waals surface area contributed by atoms with Crippen molar-refractivity contribution in [2.24, 2.45) is 0 Å². The maximum atomic E-state index is 11.0. The summed E-state index contributed by atoms with van der Waals surface area (Å²) in [5, 5.41) is 0. The van der Waals surface area contributed by atoms with Crippen molar-refractivity contribution in [2.75, 3.05) is 26.4 Å². The van der Waals surface area contributed by atoms with Gasteiger partial charge in [-0.15, -0.1) is 0 Å². The average Bonchev–Trinajstić information content (AvgIpc) is 2.70. The van der Waals surface area contributed by atoms with E-state index < -0.39 is 46.7 Å². The standard InChI is InChI=1S/C20H40O7Si4/c1-9-19(21)23-11-13-25-28(3)15-17-30(5,6)27-31(7,8)18-16-29(4)26-14-12-24-20(22)10-2/h9-10H,1-2,11-18H2,3-8H3. The van der Waals surface area contributed by atoms with Crippen molar-refractivity contribution in [3.05, 3.63) is 25.3 Å². The van der Waals surface area contributed by atoms with Gasteiger partial charge in [0.25, 0.3) is 0 Å². The number of hydrogen-bond acceptors (Lipinski definition) is 7. The Morgan fingerprint density at radius 2 is 1.10 bits per heavy atom. The van der Waals surface area contributed by atoms with E-state index in [-0.39, 0.29) is 13.2 Å². The third kappa shape index (κ3) is 17.4. The first-order valence-corrected chi connectivity index (χ1v) is 21.1. The van der Waals surface area contributed by atoms with E-state index in [0.717, 1.165) is 36.3 Å². The van der Waals surface area contributed by atoms with Crippen molar-refractivity contribution in [3.8, 4) is 0 Å². The van der Waals surface area contributed by atoms with Gasteiger partial charge in [0.15, 0.2) is 16.6 Å². The molecule has 0 bridgehead atoms. The molecule has 0 aliphatic rings. The molecule has 0 unspecified atom stereocenters. The maximum absolute atomic E-state index is 11.0. The van der Waals surface area contributed by atoms with Crippen LogP contribution in [0.3, 0.4) is 0 Å². The zero-order valence-electron chi connectivity index (χ0n) is 20.1. The highest BCUT2D eigenvalue weighted by Crippen LogP contribution is 2.25. The number of carbonyl (C=O) groups excluding carboxylic acids is 2. The first-order chi connectivity index (χ1) is 14.4. The Hall–Kier alpha value is -0.832. The van der Waals surface area contributed by atoms with Crippen LogP contribution in [0, 0.1) is 0 Å². The topological polar surface area (TPSA) is 80.3 Å². The molecular formula is C20H40O7Si4. The van der Waals surface area contributed by atoms with Gasteiger partial charge in [0.2, 0.25) is 18.1 Å². The predicted octanol–water partition coefficient (Wildman–Crippen LogP) is 4.15. The molecule has 0 atom stereocenters. The van der Waals surface area contributed by atoms with E-state index in [0.29, 0.717) is 13.2 Å². The monoisotopic (exact) mass is 504 g/mol. The summed E-state index contributed by atoms with van der Waals surface area (Å²) in [4.78, 5) is 22.0. The molecule has 31 heavy (non-hydrogen) atoms. The molecule has 0 fully saturated rings. The summed E-state index contributed by atoms with van der Waals surface area (Å²) in [6, 6.07) is 4.18. The first kappa shape index (κ1) is 30.2. The average molecular weight is 505 g/mol. The molecular weight excluding hydrogens is 465 g/mol. The lowest BCUT2D eigenvalue weighted by Gasteiger charge is -2.35. The second-order valence-electron chi connectivity index (χ2n) is 8.47. The summed E-state index contributed by atoms with van der Waals surface area (Å²) >= 11 is 0. The van der Waals surface area contributed by atoms with Gasteiger partial charge in [-0.3, -0.25) is 0 Å². The summed E-state index contributed by atoms with van der Waals surface area (Å²) in [6.07, 6.45) is 2.31. The normalized spacial score (nSPS) is 12.1. The van der Waals surface area contributed by atoms with Gasteiger partial charge >= 0.3 is 11.9 Å². The van der Waals surface area contributed by atoms with Gasteiger partial charge in [0, 0.05) is 12.2 Å². The summed E-state index contributed by atoms with van der Waals surface area (Å²) < 4.78 is 28.2. The van der Waals surface area contributed by atoms with Crippen LogP contribution in [0.15, 0.2) is 25.3 Å². The van der Waals surface area contributed by atoms with Crippen LogP contribution >= 0.6 is 0 Å². The Labute approximate surface area is 193 Å². The quantitative estimate of drug-likeness (QED) is 0.120. The highest BCUT2D eigenvalue weighted by molar-refractivity contribution is 6.85. The number of hydrogen-bond donors (Lipinski definition) is 0. The molecule has 0 aromatic heterocycles. The Balaban J connectivity index is 4.15. The van der Waals surface area contributed by atoms with Crippen LogP contribution in [-0.4, -0.2) is 73.1 Å². The van der Waals surface area contributed by atoms with Crippen LogP contribution in [0.2, 0.25) is 63.5 Å². The third-order valence-corrected chi connectivity index (χ3v) is 16.0. The maximum Gasteiger partial charge on any atom is 0.330 e. The third-order valence-electron chi connectivity index (χ3n) is 4.40. The first-order valence-electron chi connectivity index (χ1n) is 10.6. The van der Waals surface area contributed by atoms with Crippen LogP contribution in [0.5, 0.6) is 0 Å². The van der Waals surface area contributed by atoms with E-state index >= 15 is 0 Å². The lowest BCUT2D eigenvalue weighted by atomic mass is 10.6. The fraction of sp³-hybridized carbons (Fsp3) is 0.700. The number of ether oxygens (including phenoxy) is 2. The molecule has 0 rings (SSSR count). The van der Waals surface area contributed by atoms with Gasteiger partial charge < -0.3 is 22.4 Å². The number of rotatable bonds is 18. The molecule has 0 saturated carbocycles. The van der Waals surface area contributed by atoms with Gasteiger partial charge in [-0.05, 0) is 63.5 Å². The van der Waals surface area contributed by atoms with Crippen LogP contribution < -0.4 is 0 Å². The fourth-order valence-electron chi connectivity index (χ4n) is 2.78. The van der Waals surface area contributed by atoms with Crippen LogP contribution in [0.25, 0.3) is 0 Å². The molecule has 0 N–H and O–H groups in total. The van der Waals surface area contributed by atoms with Crippen molar-refractivity contribution in [1.29, 1.82) is 0 Å². The van der Waals surface area contributed by atoms with Crippen molar-refractivity contribution < 1.29 is 32.0 Å². The minimum absolute atomic E-state index is 0.268. The van der Waals surface area contributed by atoms with Crippen molar-refractivity contribution in [1.82, 2.24) is 0 Å². The molecule has 0 amide bonds. The van der Waals surface area contributed by atoms with E-state index in [4.69, 9.17) is 22.4 Å². The highest BCUT2D eigenvalue weighted by Gasteiger charge is 2.33. The lowest BCUT2D eigenvalue weighted by Crippen LogP contribution is -2.45. The van der Waals surface area contributed by atoms with E-state index in [2.05, 4.69) is 52.4 Å². The molecule has 0 spiro atoms. The van der Waals surface area contributed by atoms with E-state index in [1.807, 2.05) is 0 Å². The lowest BCUT2D eigenvalue weighted by molar-refractivity contribution is -0.139. The van der Waals surface area contributed by atoms with Crippen LogP contribution in [0.1, 0.15) is 0 Å². The zero-order chi connectivity index (χ0) is 23.9. The molecule has 0 saturated heterocycles. The minimum atomic E-state index is -1.78. The van der Waals surface area contributed by atoms with Gasteiger partial charge in [0.1, 0.15) is 13.2 Å². The molecule has 0 aliphatic heterocycles. The minimum Gasteiger partial charge on any atom is -0.460 e. The largest absolute Gasteiger partial charge is 0.460 e. The molecule has 0 aromatic rings. The second kappa shape index (κ2) is 15.9. The molecule has 0 aromatic carbocycles. The van der Waals surface area contributed by atoms with E-state index in [9.17, 15) is 9.59 Å². The second-order valence-corrected chi connectivity index (χ2v) is 21.7. The molecule has 7 nitrogen and oxygen atoms in total. The fourth-order valence-corrected chi connectivity index (χ4v) is 18.4. The number of esters is 2. The van der Waals surface area contributed by atoms with Crippen molar-refractivity contribution >= 4 is 46.7 Å². The van der Waals surface area contributed by atoms with Gasteiger partial charge in [-0.1, -0.05) is 13.2 Å². The Bertz CT molecular complexity index is 522. The molecule has 0 heterocycles. The summed E-state index contributed by atoms with van der Waals surface area (Å²) in [6.45, 7) is 21.6. The van der Waals surface area contributed by atoms with Crippen molar-refractivity contribution in [2.45, 2.75) is 63.5 Å². The molecule has 178 valence electrons. The summed E-state index contributed by atoms with van der Waals surface area (Å²) in [5.74, 6) is -0.832. The summed E-state index contributed by atoms with van der Waals surface area (Å²) in [7, 11) is -5.42. The molecule has 2 radical (unpaired) electrons. The summed E-state index contributed by atoms with van der Waals surface area (Å²) in [5.41, 5.74) is 0. The Morgan fingerprint density at radius 1 is 0.742 bits per heavy atom. The number of carbonyl (C=O) groups is 2. The van der Waals surface area contributed by atoms with Gasteiger partial charge in [-0.2, -0.15) is 0 Å². The zero-order valence-corrected chi connectivity index (χ0v) is 24.1. The van der Waals surface area contributed by atoms with E-state index in [1.165, 1.54) is 0 Å². The molecule has 11 heteroatoms. The van der Waals surface area contributed by atoms with Gasteiger partial charge in [-0.25, -0.2) is 9.59 Å². The van der Waals surface area contributed by atoms with Crippen molar-refractivity contribution in [3.63, 3.8) is 0 Å². The Morgan fingerprint density at radius 3 is 1.42 bits per heavy atom. The predicted molar refractivity (Wildman–Crippen MR) is 133 cm³/mol. The van der Waals surface area contributed by atoms with Gasteiger partial charge in [0.05, 0.1) is 13.2 Å².